The van der Waals surface area contributed by atoms with Crippen molar-refractivity contribution < 1.29 is 13.2 Å². The van der Waals surface area contributed by atoms with E-state index in [0.717, 1.165) is 17.3 Å². The molecule has 0 aliphatic rings. The summed E-state index contributed by atoms with van der Waals surface area (Å²) < 4.78 is 39.2. The van der Waals surface area contributed by atoms with Crippen molar-refractivity contribution in [3.05, 3.63) is 58.0 Å². The minimum Gasteiger partial charge on any atom is -0.287 e. The van der Waals surface area contributed by atoms with Crippen LogP contribution in [0.1, 0.15) is 11.3 Å². The molecule has 21 heavy (non-hydrogen) atoms. The van der Waals surface area contributed by atoms with E-state index >= 15 is 0 Å². The van der Waals surface area contributed by atoms with Crippen LogP contribution >= 0.6 is 11.8 Å². The Kier molecular flexibility index (Phi) is 4.72. The van der Waals surface area contributed by atoms with E-state index in [1.807, 2.05) is 30.3 Å². The fourth-order valence-corrected chi connectivity index (χ4v) is 2.47. The number of hydrogen-bond donors (Lipinski definition) is 0. The first-order chi connectivity index (χ1) is 9.91. The number of thioether (sulfide) groups is 1. The topological polar surface area (TPSA) is 34.9 Å². The van der Waals surface area contributed by atoms with Gasteiger partial charge in [-0.2, -0.15) is 13.2 Å². The summed E-state index contributed by atoms with van der Waals surface area (Å²) in [5, 5.41) is 0.0748. The summed E-state index contributed by atoms with van der Waals surface area (Å²) in [5.41, 5.74) is -0.818. The second kappa shape index (κ2) is 6.34. The first-order valence-corrected chi connectivity index (χ1v) is 7.41. The second-order valence-corrected chi connectivity index (χ2v) is 5.12. The molecule has 1 heterocycles. The molecule has 0 fully saturated rings. The molecule has 1 aromatic heterocycles. The minimum atomic E-state index is -4.61. The summed E-state index contributed by atoms with van der Waals surface area (Å²) >= 11 is 1.03. The van der Waals surface area contributed by atoms with Gasteiger partial charge >= 0.3 is 6.18 Å². The molecule has 3 nitrogen and oxygen atoms in total. The standard InChI is InChI=1S/C14H13F3N2OS/c1-21-13-18-11(14(15,16)17)9-12(20)19(13)8-7-10-5-3-2-4-6-10/h2-6,9H,7-8H2,1H3. The number of rotatable bonds is 4. The summed E-state index contributed by atoms with van der Waals surface area (Å²) in [6.45, 7) is 0.296. The molecule has 7 heteroatoms. The van der Waals surface area contributed by atoms with E-state index in [1.165, 1.54) is 4.57 Å². The number of benzene rings is 1. The molecule has 0 atom stereocenters. The fraction of sp³-hybridized carbons (Fsp3) is 0.286. The van der Waals surface area contributed by atoms with E-state index in [2.05, 4.69) is 4.98 Å². The van der Waals surface area contributed by atoms with Crippen LogP contribution in [0, 0.1) is 0 Å². The smallest absolute Gasteiger partial charge is 0.287 e. The molecule has 0 aliphatic heterocycles. The highest BCUT2D eigenvalue weighted by molar-refractivity contribution is 7.98. The zero-order valence-corrected chi connectivity index (χ0v) is 12.0. The Morgan fingerprint density at radius 3 is 2.48 bits per heavy atom. The SMILES string of the molecule is CSc1nc(C(F)(F)F)cc(=O)n1CCc1ccccc1. The largest absolute Gasteiger partial charge is 0.433 e. The van der Waals surface area contributed by atoms with E-state index in [-0.39, 0.29) is 5.16 Å². The van der Waals surface area contributed by atoms with Crippen LogP contribution in [-0.2, 0) is 19.1 Å². The predicted molar refractivity (Wildman–Crippen MR) is 75.4 cm³/mol. The second-order valence-electron chi connectivity index (χ2n) is 4.35. The molecule has 0 amide bonds. The predicted octanol–water partition coefficient (Wildman–Crippen LogP) is 3.23. The summed E-state index contributed by atoms with van der Waals surface area (Å²) in [5.74, 6) is 0. The molecule has 0 N–H and O–H groups in total. The van der Waals surface area contributed by atoms with Gasteiger partial charge in [0.05, 0.1) is 0 Å². The van der Waals surface area contributed by atoms with Crippen molar-refractivity contribution in [2.24, 2.45) is 0 Å². The lowest BCUT2D eigenvalue weighted by Crippen LogP contribution is -2.26. The Morgan fingerprint density at radius 2 is 1.90 bits per heavy atom. The van der Waals surface area contributed by atoms with Crippen LogP contribution in [0.5, 0.6) is 0 Å². The average molecular weight is 314 g/mol. The summed E-state index contributed by atoms with van der Waals surface area (Å²) in [7, 11) is 0. The van der Waals surface area contributed by atoms with Gasteiger partial charge in [0.1, 0.15) is 0 Å². The van der Waals surface area contributed by atoms with Gasteiger partial charge in [-0.25, -0.2) is 4.98 Å². The van der Waals surface area contributed by atoms with Crippen molar-refractivity contribution in [2.75, 3.05) is 6.26 Å². The zero-order chi connectivity index (χ0) is 15.5. The van der Waals surface area contributed by atoms with Crippen LogP contribution in [0.3, 0.4) is 0 Å². The molecular weight excluding hydrogens is 301 g/mol. The lowest BCUT2D eigenvalue weighted by molar-refractivity contribution is -0.141. The van der Waals surface area contributed by atoms with Crippen LogP contribution in [-0.4, -0.2) is 15.8 Å². The molecule has 0 aliphatic carbocycles. The summed E-state index contributed by atoms with van der Waals surface area (Å²) in [4.78, 5) is 15.4. The molecule has 0 unspecified atom stereocenters. The van der Waals surface area contributed by atoms with Gasteiger partial charge in [0.2, 0.25) is 0 Å². The van der Waals surface area contributed by atoms with Gasteiger partial charge in [-0.05, 0) is 18.2 Å². The quantitative estimate of drug-likeness (QED) is 0.642. The molecule has 0 spiro atoms. The summed E-state index contributed by atoms with van der Waals surface area (Å²) in [6, 6.07) is 9.98. The monoisotopic (exact) mass is 314 g/mol. The van der Waals surface area contributed by atoms with Crippen molar-refractivity contribution in [2.45, 2.75) is 24.3 Å². The van der Waals surface area contributed by atoms with E-state index in [9.17, 15) is 18.0 Å². The Bertz CT molecular complexity index is 668. The van der Waals surface area contributed by atoms with E-state index < -0.39 is 17.4 Å². The number of nitrogens with zero attached hydrogens (tertiary/aromatic N) is 2. The van der Waals surface area contributed by atoms with Gasteiger partial charge in [0.25, 0.3) is 5.56 Å². The lowest BCUT2D eigenvalue weighted by Gasteiger charge is -2.13. The van der Waals surface area contributed by atoms with Crippen LogP contribution in [0.15, 0.2) is 46.3 Å². The van der Waals surface area contributed by atoms with Crippen LogP contribution in [0.25, 0.3) is 0 Å². The van der Waals surface area contributed by atoms with Crippen LogP contribution in [0.2, 0.25) is 0 Å². The van der Waals surface area contributed by atoms with Crippen LogP contribution in [0.4, 0.5) is 13.2 Å². The number of aromatic nitrogens is 2. The molecule has 0 radical (unpaired) electrons. The maximum atomic E-state index is 12.6. The van der Waals surface area contributed by atoms with Crippen molar-refractivity contribution >= 4 is 11.8 Å². The molecular formula is C14H13F3N2OS. The minimum absolute atomic E-state index is 0.0748. The molecule has 2 aromatic rings. The highest BCUT2D eigenvalue weighted by atomic mass is 32.2. The third-order valence-electron chi connectivity index (χ3n) is 2.91. The maximum Gasteiger partial charge on any atom is 0.433 e. The zero-order valence-electron chi connectivity index (χ0n) is 11.2. The van der Waals surface area contributed by atoms with Gasteiger partial charge in [-0.1, -0.05) is 42.1 Å². The first-order valence-electron chi connectivity index (χ1n) is 6.19. The van der Waals surface area contributed by atoms with Gasteiger partial charge < -0.3 is 0 Å². The van der Waals surface area contributed by atoms with Crippen molar-refractivity contribution in [1.29, 1.82) is 0 Å². The van der Waals surface area contributed by atoms with Crippen molar-refractivity contribution in [3.63, 3.8) is 0 Å². The lowest BCUT2D eigenvalue weighted by atomic mass is 10.1. The van der Waals surface area contributed by atoms with Crippen LogP contribution < -0.4 is 5.56 Å². The van der Waals surface area contributed by atoms with E-state index in [4.69, 9.17) is 0 Å². The maximum absolute atomic E-state index is 12.6. The molecule has 112 valence electrons. The van der Waals surface area contributed by atoms with Gasteiger partial charge in [0, 0.05) is 12.6 Å². The van der Waals surface area contributed by atoms with E-state index in [1.54, 1.807) is 6.26 Å². The Hall–Kier alpha value is -1.76. The Balaban J connectivity index is 2.29. The third kappa shape index (κ3) is 3.87. The number of alkyl halides is 3. The van der Waals surface area contributed by atoms with Gasteiger partial charge in [-0.3, -0.25) is 9.36 Å². The first kappa shape index (κ1) is 15.6. The third-order valence-corrected chi connectivity index (χ3v) is 3.59. The Labute approximate surface area is 123 Å². The summed E-state index contributed by atoms with van der Waals surface area (Å²) in [6.07, 6.45) is -2.45. The average Bonchev–Trinajstić information content (AvgIpc) is 2.45. The molecule has 1 aromatic carbocycles. The molecule has 2 rings (SSSR count). The highest BCUT2D eigenvalue weighted by Gasteiger charge is 2.34. The van der Waals surface area contributed by atoms with Crippen molar-refractivity contribution in [3.8, 4) is 0 Å². The van der Waals surface area contributed by atoms with Crippen molar-refractivity contribution in [1.82, 2.24) is 9.55 Å². The Morgan fingerprint density at radius 1 is 1.24 bits per heavy atom. The molecule has 0 saturated carbocycles. The van der Waals surface area contributed by atoms with Gasteiger partial charge in [0.15, 0.2) is 10.9 Å². The number of aryl methyl sites for hydroxylation is 1. The fourth-order valence-electron chi connectivity index (χ4n) is 1.88. The normalized spacial score (nSPS) is 11.6. The molecule has 0 bridgehead atoms. The number of hydrogen-bond acceptors (Lipinski definition) is 3. The van der Waals surface area contributed by atoms with Gasteiger partial charge in [-0.15, -0.1) is 0 Å². The highest BCUT2D eigenvalue weighted by Crippen LogP contribution is 2.27. The van der Waals surface area contributed by atoms with E-state index in [0.29, 0.717) is 19.0 Å². The molecule has 0 saturated heterocycles. The number of halogens is 3.